The van der Waals surface area contributed by atoms with Gasteiger partial charge in [0, 0.05) is 25.2 Å². The minimum absolute atomic E-state index is 0.0310. The Kier molecular flexibility index (Phi) is 1.96. The maximum atomic E-state index is 14.0. The lowest BCUT2D eigenvalue weighted by atomic mass is 9.95. The predicted octanol–water partition coefficient (Wildman–Crippen LogP) is 1.87. The topological polar surface area (TPSA) is 17.0 Å². The van der Waals surface area contributed by atoms with Gasteiger partial charge in [0.1, 0.15) is 0 Å². The van der Waals surface area contributed by atoms with Crippen LogP contribution in [0.4, 0.5) is 4.39 Å². The van der Waals surface area contributed by atoms with Crippen LogP contribution in [-0.2, 0) is 13.0 Å². The summed E-state index contributed by atoms with van der Waals surface area (Å²) in [5.41, 5.74) is 4.52. The molecule has 0 saturated carbocycles. The zero-order chi connectivity index (χ0) is 10.4. The molecule has 1 N–H and O–H groups in total. The van der Waals surface area contributed by atoms with Gasteiger partial charge in [-0.3, -0.25) is 0 Å². The first-order valence-corrected chi connectivity index (χ1v) is 5.56. The van der Waals surface area contributed by atoms with Gasteiger partial charge in [-0.15, -0.1) is 0 Å². The molecular formula is C12H15FN2. The van der Waals surface area contributed by atoms with E-state index in [2.05, 4.69) is 11.4 Å². The molecule has 15 heavy (non-hydrogen) atoms. The summed E-state index contributed by atoms with van der Waals surface area (Å²) in [4.78, 5) is 0. The molecule has 0 bridgehead atoms. The van der Waals surface area contributed by atoms with E-state index >= 15 is 0 Å². The Hall–Kier alpha value is -1.09. The summed E-state index contributed by atoms with van der Waals surface area (Å²) in [5, 5.41) is 3.33. The molecule has 3 heteroatoms. The highest BCUT2D eigenvalue weighted by molar-refractivity contribution is 5.71. The van der Waals surface area contributed by atoms with Crippen LogP contribution in [0.2, 0.25) is 0 Å². The number of hydrogen-bond donors (Lipinski definition) is 1. The van der Waals surface area contributed by atoms with Crippen molar-refractivity contribution in [3.63, 3.8) is 0 Å². The molecule has 3 rings (SSSR count). The van der Waals surface area contributed by atoms with Crippen molar-refractivity contribution in [1.29, 1.82) is 0 Å². The third-order valence-corrected chi connectivity index (χ3v) is 3.47. The van der Waals surface area contributed by atoms with E-state index in [9.17, 15) is 4.39 Å². The van der Waals surface area contributed by atoms with Gasteiger partial charge in [-0.05, 0) is 30.9 Å². The van der Waals surface area contributed by atoms with Crippen molar-refractivity contribution in [2.24, 2.45) is 0 Å². The van der Waals surface area contributed by atoms with E-state index in [1.54, 1.807) is 0 Å². The molecule has 2 nitrogen and oxygen atoms in total. The Morgan fingerprint density at radius 1 is 1.47 bits per heavy atom. The number of allylic oxidation sites excluding steroid dienone is 1. The van der Waals surface area contributed by atoms with E-state index < -0.39 is 0 Å². The Morgan fingerprint density at radius 3 is 3.20 bits per heavy atom. The van der Waals surface area contributed by atoms with Crippen molar-refractivity contribution >= 4 is 5.57 Å². The summed E-state index contributed by atoms with van der Waals surface area (Å²) in [6, 6.07) is 0. The van der Waals surface area contributed by atoms with Crippen LogP contribution in [0.1, 0.15) is 23.2 Å². The average Bonchev–Trinajstić information content (AvgIpc) is 2.45. The lowest BCUT2D eigenvalue weighted by Crippen LogP contribution is -2.18. The summed E-state index contributed by atoms with van der Waals surface area (Å²) >= 11 is 0. The van der Waals surface area contributed by atoms with Gasteiger partial charge < -0.3 is 9.88 Å². The quantitative estimate of drug-likeness (QED) is 0.685. The normalized spacial score (nSPS) is 19.5. The van der Waals surface area contributed by atoms with Crippen LogP contribution in [0.5, 0.6) is 0 Å². The molecular weight excluding hydrogens is 191 g/mol. The van der Waals surface area contributed by atoms with Gasteiger partial charge in [0.05, 0.1) is 5.69 Å². The van der Waals surface area contributed by atoms with Crippen LogP contribution in [0, 0.1) is 12.9 Å². The minimum atomic E-state index is -0.0310. The highest BCUT2D eigenvalue weighted by Crippen LogP contribution is 2.33. The number of aromatic nitrogens is 1. The fourth-order valence-corrected chi connectivity index (χ4v) is 2.71. The molecule has 1 aliphatic heterocycles. The van der Waals surface area contributed by atoms with Gasteiger partial charge in [0.2, 0.25) is 0 Å². The van der Waals surface area contributed by atoms with Gasteiger partial charge >= 0.3 is 0 Å². The van der Waals surface area contributed by atoms with E-state index in [0.717, 1.165) is 43.7 Å². The Balaban J connectivity index is 2.28. The molecule has 0 unspecified atom stereocenters. The SMILES string of the molecule is Cc1c2c3n(c1F)CCNCC3=CCC2. The zero-order valence-corrected chi connectivity index (χ0v) is 8.94. The molecule has 2 aliphatic rings. The third-order valence-electron chi connectivity index (χ3n) is 3.47. The highest BCUT2D eigenvalue weighted by Gasteiger charge is 2.25. The molecule has 0 spiro atoms. The van der Waals surface area contributed by atoms with Gasteiger partial charge in [-0.2, -0.15) is 4.39 Å². The Morgan fingerprint density at radius 2 is 2.33 bits per heavy atom. The maximum Gasteiger partial charge on any atom is 0.197 e. The first-order chi connectivity index (χ1) is 7.29. The lowest BCUT2D eigenvalue weighted by Gasteiger charge is -2.14. The molecule has 0 fully saturated rings. The monoisotopic (exact) mass is 206 g/mol. The van der Waals surface area contributed by atoms with Crippen LogP contribution < -0.4 is 5.32 Å². The first-order valence-electron chi connectivity index (χ1n) is 5.56. The largest absolute Gasteiger partial charge is 0.316 e. The van der Waals surface area contributed by atoms with Crippen LogP contribution in [0.25, 0.3) is 5.57 Å². The number of nitrogens with one attached hydrogen (secondary N) is 1. The lowest BCUT2D eigenvalue weighted by molar-refractivity contribution is 0.485. The molecule has 1 aromatic rings. The standard InChI is InChI=1S/C12H15FN2/c1-8-10-4-2-3-9-7-14-5-6-15(11(9)10)12(8)13/h3,14H,2,4-7H2,1H3. The van der Waals surface area contributed by atoms with Crippen LogP contribution in [0.15, 0.2) is 6.08 Å². The third kappa shape index (κ3) is 1.19. The summed E-state index contributed by atoms with van der Waals surface area (Å²) < 4.78 is 15.8. The number of halogens is 1. The van der Waals surface area contributed by atoms with E-state index in [-0.39, 0.29) is 5.95 Å². The minimum Gasteiger partial charge on any atom is -0.316 e. The van der Waals surface area contributed by atoms with Gasteiger partial charge in [0.15, 0.2) is 5.95 Å². The van der Waals surface area contributed by atoms with Crippen molar-refractivity contribution in [2.45, 2.75) is 26.3 Å². The fourth-order valence-electron chi connectivity index (χ4n) is 2.71. The van der Waals surface area contributed by atoms with Crippen LogP contribution in [-0.4, -0.2) is 17.7 Å². The van der Waals surface area contributed by atoms with Gasteiger partial charge in [-0.1, -0.05) is 6.08 Å². The molecule has 1 aliphatic carbocycles. The summed E-state index contributed by atoms with van der Waals surface area (Å²) in [6.45, 7) is 4.40. The Bertz CT molecular complexity index is 443. The highest BCUT2D eigenvalue weighted by atomic mass is 19.1. The molecule has 2 heterocycles. The smallest absolute Gasteiger partial charge is 0.197 e. The second-order valence-corrected chi connectivity index (χ2v) is 4.34. The van der Waals surface area contributed by atoms with E-state index in [1.807, 2.05) is 11.5 Å². The van der Waals surface area contributed by atoms with Gasteiger partial charge in [-0.25, -0.2) is 0 Å². The van der Waals surface area contributed by atoms with Crippen LogP contribution in [0.3, 0.4) is 0 Å². The van der Waals surface area contributed by atoms with Crippen molar-refractivity contribution in [1.82, 2.24) is 9.88 Å². The number of nitrogens with zero attached hydrogens (tertiary/aromatic N) is 1. The predicted molar refractivity (Wildman–Crippen MR) is 58.3 cm³/mol. The molecule has 0 amide bonds. The molecule has 1 aromatic heterocycles. The summed E-state index contributed by atoms with van der Waals surface area (Å²) in [6.07, 6.45) is 4.29. The van der Waals surface area contributed by atoms with Crippen molar-refractivity contribution in [3.05, 3.63) is 28.8 Å². The van der Waals surface area contributed by atoms with E-state index in [1.165, 1.54) is 11.1 Å². The molecule has 0 radical (unpaired) electrons. The second-order valence-electron chi connectivity index (χ2n) is 4.34. The summed E-state index contributed by atoms with van der Waals surface area (Å²) in [7, 11) is 0. The molecule has 0 aromatic carbocycles. The molecule has 0 saturated heterocycles. The van der Waals surface area contributed by atoms with Crippen molar-refractivity contribution < 1.29 is 4.39 Å². The first kappa shape index (κ1) is 9.16. The molecule has 0 atom stereocenters. The van der Waals surface area contributed by atoms with Crippen molar-refractivity contribution in [2.75, 3.05) is 13.1 Å². The fraction of sp³-hybridized carbons (Fsp3) is 0.500. The maximum absolute atomic E-state index is 14.0. The number of rotatable bonds is 0. The van der Waals surface area contributed by atoms with E-state index in [4.69, 9.17) is 0 Å². The zero-order valence-electron chi connectivity index (χ0n) is 8.94. The number of hydrogen-bond acceptors (Lipinski definition) is 1. The van der Waals surface area contributed by atoms with E-state index in [0.29, 0.717) is 0 Å². The molecule has 80 valence electrons. The average molecular weight is 206 g/mol. The second kappa shape index (κ2) is 3.20. The Labute approximate surface area is 88.8 Å². The summed E-state index contributed by atoms with van der Waals surface area (Å²) in [5.74, 6) is -0.0310. The van der Waals surface area contributed by atoms with Crippen molar-refractivity contribution in [3.8, 4) is 0 Å². The van der Waals surface area contributed by atoms with Gasteiger partial charge in [0.25, 0.3) is 0 Å². The van der Waals surface area contributed by atoms with Crippen LogP contribution >= 0.6 is 0 Å².